The number of para-hydroxylation sites is 2. The van der Waals surface area contributed by atoms with Crippen LogP contribution in [0.4, 0.5) is 11.4 Å². The summed E-state index contributed by atoms with van der Waals surface area (Å²) in [5.41, 5.74) is 4.49. The van der Waals surface area contributed by atoms with E-state index in [0.717, 1.165) is 54.2 Å². The maximum atomic E-state index is 13.4. The largest absolute Gasteiger partial charge is 0.367 e. The molecule has 4 rings (SSSR count). The summed E-state index contributed by atoms with van der Waals surface area (Å²) in [6.07, 6.45) is 1.04. The number of hydrogen-bond acceptors (Lipinski definition) is 5. The van der Waals surface area contributed by atoms with E-state index in [0.29, 0.717) is 30.8 Å². The van der Waals surface area contributed by atoms with Gasteiger partial charge < -0.3 is 15.1 Å². The molecule has 0 spiro atoms. The van der Waals surface area contributed by atoms with Crippen molar-refractivity contribution in [2.24, 2.45) is 5.92 Å². The van der Waals surface area contributed by atoms with Gasteiger partial charge in [-0.05, 0) is 63.9 Å². The van der Waals surface area contributed by atoms with Crippen LogP contribution in [0, 0.1) is 26.7 Å². The van der Waals surface area contributed by atoms with Crippen LogP contribution < -0.4 is 10.2 Å². The minimum atomic E-state index is -3.58. The van der Waals surface area contributed by atoms with Gasteiger partial charge in [-0.3, -0.25) is 4.79 Å². The molecule has 2 aliphatic heterocycles. The first-order chi connectivity index (χ1) is 16.2. The Morgan fingerprint density at radius 1 is 0.912 bits per heavy atom. The van der Waals surface area contributed by atoms with Crippen LogP contribution in [0.15, 0.2) is 41.3 Å². The predicted octanol–water partition coefficient (Wildman–Crippen LogP) is 3.40. The van der Waals surface area contributed by atoms with Crippen LogP contribution in [0.3, 0.4) is 0 Å². The molecule has 2 aliphatic rings. The molecule has 2 heterocycles. The topological polar surface area (TPSA) is 73.0 Å². The zero-order chi connectivity index (χ0) is 24.5. The van der Waals surface area contributed by atoms with E-state index < -0.39 is 10.0 Å². The van der Waals surface area contributed by atoms with Crippen molar-refractivity contribution in [3.05, 3.63) is 53.1 Å². The first kappa shape index (κ1) is 24.7. The molecule has 0 aromatic heterocycles. The maximum absolute atomic E-state index is 13.4. The third kappa shape index (κ3) is 5.14. The van der Waals surface area contributed by atoms with Gasteiger partial charge in [-0.2, -0.15) is 4.31 Å². The summed E-state index contributed by atoms with van der Waals surface area (Å²) in [5.74, 6) is -0.228. The smallest absolute Gasteiger partial charge is 0.243 e. The normalized spacial score (nSPS) is 18.8. The van der Waals surface area contributed by atoms with Gasteiger partial charge in [0, 0.05) is 45.2 Å². The van der Waals surface area contributed by atoms with Gasteiger partial charge in [0.1, 0.15) is 0 Å². The van der Waals surface area contributed by atoms with E-state index in [4.69, 9.17) is 0 Å². The predicted molar refractivity (Wildman–Crippen MR) is 137 cm³/mol. The molecule has 2 aromatic rings. The van der Waals surface area contributed by atoms with Gasteiger partial charge in [0.25, 0.3) is 0 Å². The Hall–Kier alpha value is -2.42. The van der Waals surface area contributed by atoms with Gasteiger partial charge in [0.2, 0.25) is 15.9 Å². The van der Waals surface area contributed by atoms with E-state index in [1.165, 1.54) is 0 Å². The van der Waals surface area contributed by atoms with E-state index in [1.807, 2.05) is 51.1 Å². The third-order valence-corrected chi connectivity index (χ3v) is 9.24. The van der Waals surface area contributed by atoms with Gasteiger partial charge in [-0.1, -0.05) is 29.8 Å². The molecule has 0 saturated carbocycles. The molecule has 0 atom stereocenters. The van der Waals surface area contributed by atoms with E-state index in [1.54, 1.807) is 4.31 Å². The summed E-state index contributed by atoms with van der Waals surface area (Å²) >= 11 is 0. The van der Waals surface area contributed by atoms with Crippen molar-refractivity contribution in [3.8, 4) is 0 Å². The van der Waals surface area contributed by atoms with E-state index >= 15 is 0 Å². The monoisotopic (exact) mass is 484 g/mol. The number of amides is 1. The number of benzene rings is 2. The van der Waals surface area contributed by atoms with Crippen LogP contribution in [0.1, 0.15) is 29.5 Å². The molecular weight excluding hydrogens is 448 g/mol. The molecule has 2 fully saturated rings. The number of piperazine rings is 1. The molecule has 0 radical (unpaired) electrons. The second kappa shape index (κ2) is 10.1. The minimum absolute atomic E-state index is 0.0266. The maximum Gasteiger partial charge on any atom is 0.243 e. The number of likely N-dealkylation sites (N-methyl/N-ethyl adjacent to an activating group) is 1. The van der Waals surface area contributed by atoms with Crippen LogP contribution in [0.25, 0.3) is 0 Å². The summed E-state index contributed by atoms with van der Waals surface area (Å²) in [5, 5.41) is 3.14. The molecule has 8 heteroatoms. The Morgan fingerprint density at radius 2 is 1.50 bits per heavy atom. The first-order valence-electron chi connectivity index (χ1n) is 12.1. The lowest BCUT2D eigenvalue weighted by Gasteiger charge is -2.35. The van der Waals surface area contributed by atoms with Crippen molar-refractivity contribution >= 4 is 27.3 Å². The Morgan fingerprint density at radius 3 is 2.12 bits per heavy atom. The number of nitrogens with one attached hydrogen (secondary N) is 1. The molecule has 2 saturated heterocycles. The summed E-state index contributed by atoms with van der Waals surface area (Å²) in [4.78, 5) is 18.1. The van der Waals surface area contributed by atoms with Gasteiger partial charge in [-0.15, -0.1) is 0 Å². The second-order valence-electron chi connectivity index (χ2n) is 9.70. The SMILES string of the molecule is Cc1cc(C)c(S(=O)(=O)N2CCC(C(=O)Nc3ccccc3N3CCN(C)CC3)CC2)c(C)c1. The number of rotatable bonds is 5. The highest BCUT2D eigenvalue weighted by Gasteiger charge is 2.34. The van der Waals surface area contributed by atoms with Gasteiger partial charge >= 0.3 is 0 Å². The number of aryl methyl sites for hydroxylation is 3. The van der Waals surface area contributed by atoms with Crippen molar-refractivity contribution in [1.82, 2.24) is 9.21 Å². The lowest BCUT2D eigenvalue weighted by Crippen LogP contribution is -2.45. The number of anilines is 2. The Bertz CT molecular complexity index is 1130. The highest BCUT2D eigenvalue weighted by atomic mass is 32.2. The summed E-state index contributed by atoms with van der Waals surface area (Å²) in [6, 6.07) is 11.8. The molecule has 7 nitrogen and oxygen atoms in total. The van der Waals surface area contributed by atoms with E-state index in [-0.39, 0.29) is 11.8 Å². The molecule has 0 aliphatic carbocycles. The van der Waals surface area contributed by atoms with Gasteiger partial charge in [0.05, 0.1) is 16.3 Å². The second-order valence-corrected chi connectivity index (χ2v) is 11.6. The van der Waals surface area contributed by atoms with Crippen molar-refractivity contribution < 1.29 is 13.2 Å². The lowest BCUT2D eigenvalue weighted by atomic mass is 9.97. The summed E-state index contributed by atoms with van der Waals surface area (Å²) in [7, 11) is -1.46. The van der Waals surface area contributed by atoms with Crippen molar-refractivity contribution in [1.29, 1.82) is 0 Å². The molecule has 1 N–H and O–H groups in total. The van der Waals surface area contributed by atoms with Crippen LogP contribution in [-0.4, -0.2) is 69.8 Å². The van der Waals surface area contributed by atoms with E-state index in [9.17, 15) is 13.2 Å². The van der Waals surface area contributed by atoms with Crippen molar-refractivity contribution in [3.63, 3.8) is 0 Å². The summed E-state index contributed by atoms with van der Waals surface area (Å²) in [6.45, 7) is 10.2. The Labute approximate surface area is 203 Å². The highest BCUT2D eigenvalue weighted by molar-refractivity contribution is 7.89. The third-order valence-electron chi connectivity index (χ3n) is 7.03. The molecule has 2 aromatic carbocycles. The molecule has 0 bridgehead atoms. The zero-order valence-electron chi connectivity index (χ0n) is 20.7. The number of piperidine rings is 1. The van der Waals surface area contributed by atoms with Gasteiger partial charge in [0.15, 0.2) is 0 Å². The Balaban J connectivity index is 1.41. The number of nitrogens with zero attached hydrogens (tertiary/aromatic N) is 3. The molecule has 1 amide bonds. The number of sulfonamides is 1. The number of carbonyl (C=O) groups is 1. The highest BCUT2D eigenvalue weighted by Crippen LogP contribution is 2.31. The summed E-state index contributed by atoms with van der Waals surface area (Å²) < 4.78 is 28.3. The molecule has 34 heavy (non-hydrogen) atoms. The number of hydrogen-bond donors (Lipinski definition) is 1. The fourth-order valence-electron chi connectivity index (χ4n) is 5.20. The Kier molecular flexibility index (Phi) is 7.31. The van der Waals surface area contributed by atoms with Crippen LogP contribution in [0.2, 0.25) is 0 Å². The van der Waals surface area contributed by atoms with Crippen molar-refractivity contribution in [2.45, 2.75) is 38.5 Å². The zero-order valence-corrected chi connectivity index (χ0v) is 21.5. The average Bonchev–Trinajstić information content (AvgIpc) is 2.79. The lowest BCUT2D eigenvalue weighted by molar-refractivity contribution is -0.120. The molecule has 184 valence electrons. The first-order valence-corrected chi connectivity index (χ1v) is 13.5. The number of carbonyl (C=O) groups excluding carboxylic acids is 1. The van der Waals surface area contributed by atoms with Crippen LogP contribution in [-0.2, 0) is 14.8 Å². The van der Waals surface area contributed by atoms with Crippen LogP contribution >= 0.6 is 0 Å². The van der Waals surface area contributed by atoms with Gasteiger partial charge in [-0.25, -0.2) is 8.42 Å². The average molecular weight is 485 g/mol. The van der Waals surface area contributed by atoms with E-state index in [2.05, 4.69) is 28.2 Å². The molecular formula is C26H36N4O3S. The van der Waals surface area contributed by atoms with Crippen molar-refractivity contribution in [2.75, 3.05) is 56.5 Å². The minimum Gasteiger partial charge on any atom is -0.367 e. The quantitative estimate of drug-likeness (QED) is 0.704. The van der Waals surface area contributed by atoms with Crippen LogP contribution in [0.5, 0.6) is 0 Å². The molecule has 0 unspecified atom stereocenters. The fraction of sp³-hybridized carbons (Fsp3) is 0.500. The fourth-order valence-corrected chi connectivity index (χ4v) is 7.08. The standard InChI is InChI=1S/C26H36N4O3S/c1-19-17-20(2)25(21(3)18-19)34(32,33)30-11-9-22(10-12-30)26(31)27-23-7-5-6-8-24(23)29-15-13-28(4)14-16-29/h5-8,17-18,22H,9-16H2,1-4H3,(H,27,31).